The van der Waals surface area contributed by atoms with Gasteiger partial charge < -0.3 is 5.32 Å². The lowest BCUT2D eigenvalue weighted by Crippen LogP contribution is -2.20. The minimum atomic E-state index is 0.742. The van der Waals surface area contributed by atoms with Gasteiger partial charge in [-0.05, 0) is 42.3 Å². The number of hydrogen-bond donors (Lipinski definition) is 1. The average Bonchev–Trinajstić information content (AvgIpc) is 3.17. The molecule has 4 rings (SSSR count). The molecule has 0 aliphatic heterocycles. The maximum Gasteiger partial charge on any atom is 0.0748 e. The van der Waals surface area contributed by atoms with Crippen LogP contribution >= 0.6 is 0 Å². The van der Waals surface area contributed by atoms with E-state index in [1.54, 1.807) is 12.4 Å². The van der Waals surface area contributed by atoms with Gasteiger partial charge in [0.05, 0.1) is 17.9 Å². The molecule has 0 radical (unpaired) electrons. The van der Waals surface area contributed by atoms with Crippen LogP contribution in [0.15, 0.2) is 79.4 Å². The summed E-state index contributed by atoms with van der Waals surface area (Å²) in [7, 11) is 0. The van der Waals surface area contributed by atoms with Gasteiger partial charge in [0.15, 0.2) is 0 Å². The van der Waals surface area contributed by atoms with Crippen molar-refractivity contribution in [1.29, 1.82) is 0 Å². The highest BCUT2D eigenvalue weighted by Gasteiger charge is 2.09. The molecule has 28 heavy (non-hydrogen) atoms. The molecule has 0 atom stereocenters. The highest BCUT2D eigenvalue weighted by molar-refractivity contribution is 5.69. The van der Waals surface area contributed by atoms with Crippen molar-refractivity contribution >= 4 is 0 Å². The van der Waals surface area contributed by atoms with E-state index in [0.717, 1.165) is 42.1 Å². The molecular formula is C23H23N5. The number of rotatable bonds is 7. The molecule has 5 heteroatoms. The summed E-state index contributed by atoms with van der Waals surface area (Å²) >= 11 is 0. The molecule has 4 aromatic rings. The molecular weight excluding hydrogens is 346 g/mol. The molecule has 3 heterocycles. The summed E-state index contributed by atoms with van der Waals surface area (Å²) in [5.74, 6) is 0. The van der Waals surface area contributed by atoms with Gasteiger partial charge in [0, 0.05) is 49.0 Å². The molecule has 0 fully saturated rings. The van der Waals surface area contributed by atoms with E-state index in [4.69, 9.17) is 4.98 Å². The Morgan fingerprint density at radius 2 is 1.75 bits per heavy atom. The van der Waals surface area contributed by atoms with Crippen LogP contribution in [0, 0.1) is 6.92 Å². The van der Waals surface area contributed by atoms with Gasteiger partial charge in [-0.15, -0.1) is 0 Å². The van der Waals surface area contributed by atoms with E-state index >= 15 is 0 Å². The van der Waals surface area contributed by atoms with Crippen LogP contribution in [0.3, 0.4) is 0 Å². The first-order chi connectivity index (χ1) is 13.8. The lowest BCUT2D eigenvalue weighted by Gasteiger charge is -2.13. The lowest BCUT2D eigenvalue weighted by molar-refractivity contribution is 0.552. The molecule has 140 valence electrons. The summed E-state index contributed by atoms with van der Waals surface area (Å²) in [5.41, 5.74) is 6.57. The summed E-state index contributed by atoms with van der Waals surface area (Å²) in [6, 6.07) is 18.6. The predicted octanol–water partition coefficient (Wildman–Crippen LogP) is 4.11. The number of aromatic nitrogens is 4. The Morgan fingerprint density at radius 3 is 2.50 bits per heavy atom. The average molecular weight is 369 g/mol. The van der Waals surface area contributed by atoms with Gasteiger partial charge in [-0.2, -0.15) is 5.10 Å². The Balaban J connectivity index is 1.55. The van der Waals surface area contributed by atoms with Crippen molar-refractivity contribution in [2.45, 2.75) is 20.0 Å². The Labute approximate surface area is 165 Å². The number of benzene rings is 1. The first kappa shape index (κ1) is 18.1. The number of nitrogens with one attached hydrogen (secondary N) is 1. The topological polar surface area (TPSA) is 55.6 Å². The van der Waals surface area contributed by atoms with E-state index in [-0.39, 0.29) is 0 Å². The van der Waals surface area contributed by atoms with Crippen molar-refractivity contribution in [3.8, 4) is 22.4 Å². The smallest absolute Gasteiger partial charge is 0.0748 e. The van der Waals surface area contributed by atoms with Crippen molar-refractivity contribution in [3.05, 3.63) is 90.6 Å². The van der Waals surface area contributed by atoms with Crippen LogP contribution in [0.2, 0.25) is 0 Å². The van der Waals surface area contributed by atoms with Gasteiger partial charge in [0.1, 0.15) is 0 Å². The van der Waals surface area contributed by atoms with Crippen molar-refractivity contribution in [3.63, 3.8) is 0 Å². The molecule has 0 saturated heterocycles. The number of hydrogen-bond acceptors (Lipinski definition) is 4. The van der Waals surface area contributed by atoms with E-state index in [1.807, 2.05) is 48.3 Å². The van der Waals surface area contributed by atoms with Gasteiger partial charge >= 0.3 is 0 Å². The summed E-state index contributed by atoms with van der Waals surface area (Å²) in [6.07, 6.45) is 7.57. The molecule has 0 unspecified atom stereocenters. The predicted molar refractivity (Wildman–Crippen MR) is 112 cm³/mol. The van der Waals surface area contributed by atoms with Crippen LogP contribution in [-0.4, -0.2) is 26.3 Å². The first-order valence-electron chi connectivity index (χ1n) is 9.45. The van der Waals surface area contributed by atoms with E-state index in [9.17, 15) is 0 Å². The Bertz CT molecular complexity index is 1030. The minimum absolute atomic E-state index is 0.742. The van der Waals surface area contributed by atoms with Crippen molar-refractivity contribution in [1.82, 2.24) is 25.1 Å². The van der Waals surface area contributed by atoms with Gasteiger partial charge in [0.2, 0.25) is 0 Å². The third-order valence-corrected chi connectivity index (χ3v) is 4.63. The third kappa shape index (κ3) is 4.32. The van der Waals surface area contributed by atoms with E-state index < -0.39 is 0 Å². The van der Waals surface area contributed by atoms with E-state index in [2.05, 4.69) is 45.7 Å². The fourth-order valence-electron chi connectivity index (χ4n) is 3.21. The third-order valence-electron chi connectivity index (χ3n) is 4.63. The maximum atomic E-state index is 4.78. The van der Waals surface area contributed by atoms with Gasteiger partial charge in [-0.25, -0.2) is 0 Å². The van der Waals surface area contributed by atoms with E-state index in [1.165, 1.54) is 11.1 Å². The second kappa shape index (κ2) is 8.59. The van der Waals surface area contributed by atoms with Crippen molar-refractivity contribution in [2.24, 2.45) is 0 Å². The second-order valence-corrected chi connectivity index (χ2v) is 6.73. The fourth-order valence-corrected chi connectivity index (χ4v) is 3.21. The summed E-state index contributed by atoms with van der Waals surface area (Å²) in [6.45, 7) is 4.42. The Hall–Kier alpha value is -3.31. The van der Waals surface area contributed by atoms with Crippen LogP contribution in [-0.2, 0) is 13.1 Å². The van der Waals surface area contributed by atoms with Crippen LogP contribution in [0.4, 0.5) is 0 Å². The van der Waals surface area contributed by atoms with Crippen molar-refractivity contribution in [2.75, 3.05) is 6.54 Å². The highest BCUT2D eigenvalue weighted by atomic mass is 15.3. The maximum absolute atomic E-state index is 4.78. The first-order valence-corrected chi connectivity index (χ1v) is 9.45. The molecule has 0 saturated carbocycles. The highest BCUT2D eigenvalue weighted by Crippen LogP contribution is 2.26. The molecule has 0 spiro atoms. The SMILES string of the molecule is Cc1ccn(CCNCc2cc(-c3ccccc3)cnc2-c2ccncc2)n1. The Morgan fingerprint density at radius 1 is 0.929 bits per heavy atom. The van der Waals surface area contributed by atoms with Crippen LogP contribution in [0.5, 0.6) is 0 Å². The molecule has 1 aromatic carbocycles. The second-order valence-electron chi connectivity index (χ2n) is 6.73. The standard InChI is InChI=1S/C23H23N5/c1-18-9-13-28(27-18)14-12-25-16-22-15-21(19-5-3-2-4-6-19)17-26-23(22)20-7-10-24-11-8-20/h2-11,13,15,17,25H,12,14,16H2,1H3. The molecule has 1 N–H and O–H groups in total. The molecule has 3 aromatic heterocycles. The van der Waals surface area contributed by atoms with Crippen LogP contribution in [0.1, 0.15) is 11.3 Å². The summed E-state index contributed by atoms with van der Waals surface area (Å²) in [5, 5.41) is 7.96. The zero-order chi connectivity index (χ0) is 19.2. The van der Waals surface area contributed by atoms with Gasteiger partial charge in [-0.1, -0.05) is 30.3 Å². The van der Waals surface area contributed by atoms with Gasteiger partial charge in [-0.3, -0.25) is 14.6 Å². The molecule has 0 bridgehead atoms. The van der Waals surface area contributed by atoms with Crippen LogP contribution < -0.4 is 5.32 Å². The molecule has 5 nitrogen and oxygen atoms in total. The molecule has 0 aliphatic rings. The van der Waals surface area contributed by atoms with Crippen LogP contribution in [0.25, 0.3) is 22.4 Å². The zero-order valence-corrected chi connectivity index (χ0v) is 15.9. The minimum Gasteiger partial charge on any atom is -0.311 e. The van der Waals surface area contributed by atoms with Gasteiger partial charge in [0.25, 0.3) is 0 Å². The number of aryl methyl sites for hydroxylation is 1. The number of pyridine rings is 2. The quantitative estimate of drug-likeness (QED) is 0.498. The summed E-state index contributed by atoms with van der Waals surface area (Å²) in [4.78, 5) is 8.90. The number of nitrogens with zero attached hydrogens (tertiary/aromatic N) is 4. The Kier molecular flexibility index (Phi) is 5.54. The lowest BCUT2D eigenvalue weighted by atomic mass is 10.0. The normalized spacial score (nSPS) is 10.9. The zero-order valence-electron chi connectivity index (χ0n) is 15.9. The largest absolute Gasteiger partial charge is 0.311 e. The van der Waals surface area contributed by atoms with E-state index in [0.29, 0.717) is 0 Å². The molecule has 0 aliphatic carbocycles. The fraction of sp³-hybridized carbons (Fsp3) is 0.174. The van der Waals surface area contributed by atoms with Crippen molar-refractivity contribution < 1.29 is 0 Å². The summed E-state index contributed by atoms with van der Waals surface area (Å²) < 4.78 is 1.96. The monoisotopic (exact) mass is 369 g/mol. The molecule has 0 amide bonds.